The molecule has 0 aliphatic carbocycles. The summed E-state index contributed by atoms with van der Waals surface area (Å²) in [6.07, 6.45) is 4.10. The summed E-state index contributed by atoms with van der Waals surface area (Å²) in [7, 11) is 4.11. The highest BCUT2D eigenvalue weighted by molar-refractivity contribution is 5.88. The summed E-state index contributed by atoms with van der Waals surface area (Å²) in [6.45, 7) is 11.4. The second-order valence-electron chi connectivity index (χ2n) is 8.05. The Morgan fingerprint density at radius 1 is 1.04 bits per heavy atom. The summed E-state index contributed by atoms with van der Waals surface area (Å²) in [6, 6.07) is 6.64. The van der Waals surface area contributed by atoms with Crippen molar-refractivity contribution in [2.24, 2.45) is 7.05 Å². The van der Waals surface area contributed by atoms with E-state index in [4.69, 9.17) is 0 Å². The molecule has 0 radical (unpaired) electrons. The van der Waals surface area contributed by atoms with Crippen molar-refractivity contribution in [3.8, 4) is 11.4 Å². The van der Waals surface area contributed by atoms with Crippen LogP contribution in [0.4, 0.5) is 0 Å². The highest BCUT2D eigenvalue weighted by Gasteiger charge is 2.16. The molecule has 0 atom stereocenters. The molecule has 1 aliphatic heterocycles. The van der Waals surface area contributed by atoms with Crippen LogP contribution in [0, 0.1) is 0 Å². The standard InChI is InChI=1S/C21H30N6/c1-16(2)19-14-27(12-11-26-9-7-24(3)8-10-26)20-6-5-17(13-18(19)20)21-22-15-25(4)23-21/h5-6,13-16H,7-12H2,1-4H3. The molecule has 27 heavy (non-hydrogen) atoms. The minimum absolute atomic E-state index is 0.490. The van der Waals surface area contributed by atoms with Crippen LogP contribution in [0.1, 0.15) is 25.3 Å². The van der Waals surface area contributed by atoms with Gasteiger partial charge >= 0.3 is 0 Å². The van der Waals surface area contributed by atoms with Crippen LogP contribution in [-0.2, 0) is 13.6 Å². The lowest BCUT2D eigenvalue weighted by atomic mass is 10.0. The number of nitrogens with zero attached hydrogens (tertiary/aromatic N) is 6. The molecule has 0 unspecified atom stereocenters. The Bertz CT molecular complexity index is 914. The third-order valence-corrected chi connectivity index (χ3v) is 5.64. The van der Waals surface area contributed by atoms with Gasteiger partial charge in [-0.2, -0.15) is 5.10 Å². The Balaban J connectivity index is 1.61. The molecule has 0 amide bonds. The van der Waals surface area contributed by atoms with Crippen LogP contribution in [0.2, 0.25) is 0 Å². The summed E-state index contributed by atoms with van der Waals surface area (Å²) in [5.74, 6) is 1.28. The van der Waals surface area contributed by atoms with Gasteiger partial charge in [0, 0.05) is 69.0 Å². The van der Waals surface area contributed by atoms with Gasteiger partial charge in [-0.15, -0.1) is 0 Å². The first-order valence-electron chi connectivity index (χ1n) is 9.91. The lowest BCUT2D eigenvalue weighted by molar-refractivity contribution is 0.150. The largest absolute Gasteiger partial charge is 0.346 e. The van der Waals surface area contributed by atoms with Crippen LogP contribution in [0.15, 0.2) is 30.7 Å². The van der Waals surface area contributed by atoms with Crippen LogP contribution in [-0.4, -0.2) is 68.9 Å². The van der Waals surface area contributed by atoms with Crippen molar-refractivity contribution in [1.29, 1.82) is 0 Å². The first-order chi connectivity index (χ1) is 13.0. The molecule has 1 aromatic carbocycles. The molecule has 2 aromatic heterocycles. The Morgan fingerprint density at radius 2 is 1.81 bits per heavy atom. The van der Waals surface area contributed by atoms with Crippen molar-refractivity contribution in [2.45, 2.75) is 26.3 Å². The number of hydrogen-bond donors (Lipinski definition) is 0. The molecule has 1 saturated heterocycles. The minimum Gasteiger partial charge on any atom is -0.346 e. The van der Waals surface area contributed by atoms with Crippen molar-refractivity contribution >= 4 is 10.9 Å². The summed E-state index contributed by atoms with van der Waals surface area (Å²) in [4.78, 5) is 9.40. The Kier molecular flexibility index (Phi) is 5.02. The normalized spacial score (nSPS) is 16.6. The first-order valence-corrected chi connectivity index (χ1v) is 9.91. The monoisotopic (exact) mass is 366 g/mol. The fourth-order valence-electron chi connectivity index (χ4n) is 3.90. The van der Waals surface area contributed by atoms with Crippen LogP contribution in [0.25, 0.3) is 22.3 Å². The van der Waals surface area contributed by atoms with E-state index in [-0.39, 0.29) is 0 Å². The van der Waals surface area contributed by atoms with Gasteiger partial charge in [0.25, 0.3) is 0 Å². The maximum atomic E-state index is 4.46. The van der Waals surface area contributed by atoms with Crippen molar-refractivity contribution in [3.63, 3.8) is 0 Å². The van der Waals surface area contributed by atoms with Crippen LogP contribution >= 0.6 is 0 Å². The van der Waals surface area contributed by atoms with Crippen molar-refractivity contribution in [2.75, 3.05) is 39.8 Å². The predicted octanol–water partition coefficient (Wildman–Crippen LogP) is 2.81. The first kappa shape index (κ1) is 18.2. The van der Waals surface area contributed by atoms with E-state index in [2.05, 4.69) is 69.7 Å². The van der Waals surface area contributed by atoms with E-state index >= 15 is 0 Å². The molecule has 3 heterocycles. The molecule has 1 aliphatic rings. The van der Waals surface area contributed by atoms with E-state index in [1.165, 1.54) is 42.6 Å². The molecule has 0 spiro atoms. The average Bonchev–Trinajstić information content (AvgIpc) is 3.24. The lowest BCUT2D eigenvalue weighted by Gasteiger charge is -2.32. The van der Waals surface area contributed by atoms with Gasteiger partial charge in [0.2, 0.25) is 0 Å². The average molecular weight is 367 g/mol. The topological polar surface area (TPSA) is 42.1 Å². The van der Waals surface area contributed by atoms with E-state index in [9.17, 15) is 0 Å². The second kappa shape index (κ2) is 7.44. The zero-order chi connectivity index (χ0) is 19.0. The number of aryl methyl sites for hydroxylation is 1. The molecule has 1 fully saturated rings. The minimum atomic E-state index is 0.490. The molecule has 0 N–H and O–H groups in total. The number of piperazine rings is 1. The van der Waals surface area contributed by atoms with E-state index in [1.54, 1.807) is 11.0 Å². The van der Waals surface area contributed by atoms with Gasteiger partial charge < -0.3 is 9.47 Å². The molecule has 3 aromatic rings. The molecular formula is C21H30N6. The number of hydrogen-bond acceptors (Lipinski definition) is 4. The molecule has 144 valence electrons. The maximum absolute atomic E-state index is 4.46. The summed E-state index contributed by atoms with van der Waals surface area (Å²) in [5.41, 5.74) is 3.80. The molecular weight excluding hydrogens is 336 g/mol. The number of likely N-dealkylation sites (N-methyl/N-ethyl adjacent to an activating group) is 1. The van der Waals surface area contributed by atoms with E-state index in [0.717, 1.165) is 24.5 Å². The lowest BCUT2D eigenvalue weighted by Crippen LogP contribution is -2.45. The van der Waals surface area contributed by atoms with Crippen molar-refractivity contribution in [1.82, 2.24) is 29.1 Å². The smallest absolute Gasteiger partial charge is 0.181 e. The summed E-state index contributed by atoms with van der Waals surface area (Å²) >= 11 is 0. The van der Waals surface area contributed by atoms with Gasteiger partial charge in [0.15, 0.2) is 5.82 Å². The molecule has 6 nitrogen and oxygen atoms in total. The quantitative estimate of drug-likeness (QED) is 0.696. The van der Waals surface area contributed by atoms with Gasteiger partial charge in [-0.05, 0) is 36.7 Å². The zero-order valence-electron chi connectivity index (χ0n) is 16.9. The fraction of sp³-hybridized carbons (Fsp3) is 0.524. The molecule has 6 heteroatoms. The highest BCUT2D eigenvalue weighted by Crippen LogP contribution is 2.30. The SMILES string of the molecule is CC(C)c1cn(CCN2CCN(C)CC2)c2ccc(-c3ncn(C)n3)cc12. The van der Waals surface area contributed by atoms with E-state index in [1.807, 2.05) is 7.05 Å². The van der Waals surface area contributed by atoms with E-state index in [0.29, 0.717) is 5.92 Å². The number of benzene rings is 1. The number of fused-ring (bicyclic) bond motifs is 1. The number of rotatable bonds is 5. The van der Waals surface area contributed by atoms with Crippen molar-refractivity contribution in [3.05, 3.63) is 36.3 Å². The van der Waals surface area contributed by atoms with Gasteiger partial charge in [-0.25, -0.2) is 4.98 Å². The molecule has 4 rings (SSSR count). The van der Waals surface area contributed by atoms with Gasteiger partial charge in [0.05, 0.1) is 0 Å². The van der Waals surface area contributed by atoms with Crippen LogP contribution in [0.5, 0.6) is 0 Å². The van der Waals surface area contributed by atoms with E-state index < -0.39 is 0 Å². The molecule has 0 bridgehead atoms. The second-order valence-corrected chi connectivity index (χ2v) is 8.05. The third-order valence-electron chi connectivity index (χ3n) is 5.64. The summed E-state index contributed by atoms with van der Waals surface area (Å²) in [5, 5.41) is 5.79. The molecule has 0 saturated carbocycles. The van der Waals surface area contributed by atoms with Crippen LogP contribution in [0.3, 0.4) is 0 Å². The highest BCUT2D eigenvalue weighted by atomic mass is 15.3. The number of aromatic nitrogens is 4. The van der Waals surface area contributed by atoms with Gasteiger partial charge in [-0.1, -0.05) is 13.8 Å². The Hall–Kier alpha value is -2.18. The van der Waals surface area contributed by atoms with Gasteiger partial charge in [0.1, 0.15) is 6.33 Å². The van der Waals surface area contributed by atoms with Crippen molar-refractivity contribution < 1.29 is 0 Å². The maximum Gasteiger partial charge on any atom is 0.181 e. The third kappa shape index (κ3) is 3.77. The summed E-state index contributed by atoms with van der Waals surface area (Å²) < 4.78 is 4.18. The van der Waals surface area contributed by atoms with Crippen LogP contribution < -0.4 is 0 Å². The predicted molar refractivity (Wildman–Crippen MR) is 110 cm³/mol. The Morgan fingerprint density at radius 3 is 2.48 bits per heavy atom. The fourth-order valence-corrected chi connectivity index (χ4v) is 3.90. The Labute approximate surface area is 161 Å². The van der Waals surface area contributed by atoms with Gasteiger partial charge in [-0.3, -0.25) is 9.58 Å². The zero-order valence-corrected chi connectivity index (χ0v) is 16.9.